The number of nitrogens with zero attached hydrogens (tertiary/aromatic N) is 1. The zero-order valence-corrected chi connectivity index (χ0v) is 10.7. The first-order chi connectivity index (χ1) is 9.25. The Morgan fingerprint density at radius 3 is 2.95 bits per heavy atom. The SMILES string of the molecule is O=C(NCCCn1c(=O)[nH]c2ccccc21)C1CC1. The molecule has 1 aromatic heterocycles. The molecule has 0 spiro atoms. The maximum absolute atomic E-state index is 11.8. The topological polar surface area (TPSA) is 66.9 Å². The summed E-state index contributed by atoms with van der Waals surface area (Å²) in [5, 5.41) is 2.91. The zero-order chi connectivity index (χ0) is 13.2. The van der Waals surface area contributed by atoms with E-state index in [2.05, 4.69) is 10.3 Å². The summed E-state index contributed by atoms with van der Waals surface area (Å²) in [4.78, 5) is 26.1. The van der Waals surface area contributed by atoms with E-state index in [4.69, 9.17) is 0 Å². The average molecular weight is 259 g/mol. The normalized spacial score (nSPS) is 14.7. The number of aromatic amines is 1. The molecule has 1 aliphatic rings. The molecule has 0 unspecified atom stereocenters. The molecule has 0 radical (unpaired) electrons. The molecule has 1 aromatic carbocycles. The number of hydrogen-bond acceptors (Lipinski definition) is 2. The van der Waals surface area contributed by atoms with Gasteiger partial charge in [0.05, 0.1) is 11.0 Å². The smallest absolute Gasteiger partial charge is 0.326 e. The summed E-state index contributed by atoms with van der Waals surface area (Å²) in [5.41, 5.74) is 1.69. The first kappa shape index (κ1) is 12.0. The van der Waals surface area contributed by atoms with E-state index in [0.29, 0.717) is 13.1 Å². The van der Waals surface area contributed by atoms with Gasteiger partial charge in [-0.25, -0.2) is 4.79 Å². The number of para-hydroxylation sites is 2. The highest BCUT2D eigenvalue weighted by Crippen LogP contribution is 2.28. The number of rotatable bonds is 5. The van der Waals surface area contributed by atoms with Crippen LogP contribution in [0.15, 0.2) is 29.1 Å². The summed E-state index contributed by atoms with van der Waals surface area (Å²) < 4.78 is 1.72. The Balaban J connectivity index is 1.60. The van der Waals surface area contributed by atoms with Crippen molar-refractivity contribution in [2.75, 3.05) is 6.54 Å². The Kier molecular flexibility index (Phi) is 3.11. The Morgan fingerprint density at radius 1 is 1.37 bits per heavy atom. The summed E-state index contributed by atoms with van der Waals surface area (Å²) in [6.45, 7) is 1.25. The monoisotopic (exact) mass is 259 g/mol. The third-order valence-electron chi connectivity index (χ3n) is 3.49. The molecule has 0 atom stereocenters. The second kappa shape index (κ2) is 4.91. The number of carbonyl (C=O) groups is 1. The lowest BCUT2D eigenvalue weighted by atomic mass is 10.3. The van der Waals surface area contributed by atoms with Crippen molar-refractivity contribution in [3.05, 3.63) is 34.7 Å². The van der Waals surface area contributed by atoms with Gasteiger partial charge in [-0.15, -0.1) is 0 Å². The van der Waals surface area contributed by atoms with Crippen LogP contribution in [0, 0.1) is 5.92 Å². The van der Waals surface area contributed by atoms with E-state index in [1.165, 1.54) is 0 Å². The van der Waals surface area contributed by atoms with Crippen LogP contribution in [-0.4, -0.2) is 22.0 Å². The van der Waals surface area contributed by atoms with Crippen LogP contribution in [0.4, 0.5) is 0 Å². The Hall–Kier alpha value is -2.04. The molecule has 0 saturated heterocycles. The second-order valence-electron chi connectivity index (χ2n) is 5.02. The van der Waals surface area contributed by atoms with Crippen LogP contribution in [-0.2, 0) is 11.3 Å². The minimum absolute atomic E-state index is 0.0882. The zero-order valence-electron chi connectivity index (χ0n) is 10.7. The third kappa shape index (κ3) is 2.54. The molecule has 100 valence electrons. The molecule has 1 aliphatic carbocycles. The molecule has 3 rings (SSSR count). The largest absolute Gasteiger partial charge is 0.356 e. The van der Waals surface area contributed by atoms with Gasteiger partial charge in [0.15, 0.2) is 0 Å². The van der Waals surface area contributed by atoms with Crippen molar-refractivity contribution in [3.8, 4) is 0 Å². The molecule has 1 saturated carbocycles. The summed E-state index contributed by atoms with van der Waals surface area (Å²) in [7, 11) is 0. The minimum Gasteiger partial charge on any atom is -0.356 e. The molecular weight excluding hydrogens is 242 g/mol. The van der Waals surface area contributed by atoms with E-state index in [1.54, 1.807) is 4.57 Å². The van der Waals surface area contributed by atoms with E-state index < -0.39 is 0 Å². The van der Waals surface area contributed by atoms with Gasteiger partial charge in [-0.05, 0) is 31.4 Å². The third-order valence-corrected chi connectivity index (χ3v) is 3.49. The van der Waals surface area contributed by atoms with Crippen LogP contribution < -0.4 is 11.0 Å². The molecule has 1 fully saturated rings. The van der Waals surface area contributed by atoms with Crippen molar-refractivity contribution in [3.63, 3.8) is 0 Å². The van der Waals surface area contributed by atoms with Crippen molar-refractivity contribution in [1.29, 1.82) is 0 Å². The number of nitrogens with one attached hydrogen (secondary N) is 2. The first-order valence-corrected chi connectivity index (χ1v) is 6.71. The van der Waals surface area contributed by atoms with Crippen LogP contribution in [0.2, 0.25) is 0 Å². The van der Waals surface area contributed by atoms with Crippen molar-refractivity contribution < 1.29 is 4.79 Å². The predicted molar refractivity (Wildman–Crippen MR) is 72.9 cm³/mol. The molecule has 2 aromatic rings. The lowest BCUT2D eigenvalue weighted by Crippen LogP contribution is -2.27. The molecule has 1 amide bonds. The van der Waals surface area contributed by atoms with E-state index in [9.17, 15) is 9.59 Å². The van der Waals surface area contributed by atoms with E-state index in [0.717, 1.165) is 30.3 Å². The fraction of sp³-hybridized carbons (Fsp3) is 0.429. The predicted octanol–water partition coefficient (Wildman–Crippen LogP) is 1.25. The highest BCUT2D eigenvalue weighted by molar-refractivity contribution is 5.80. The maximum atomic E-state index is 11.8. The number of carbonyl (C=O) groups excluding carboxylic acids is 1. The average Bonchev–Trinajstić information content (AvgIpc) is 3.20. The van der Waals surface area contributed by atoms with Crippen LogP contribution >= 0.6 is 0 Å². The summed E-state index contributed by atoms with van der Waals surface area (Å²) in [6.07, 6.45) is 2.81. The van der Waals surface area contributed by atoms with Crippen LogP contribution in [0.5, 0.6) is 0 Å². The second-order valence-corrected chi connectivity index (χ2v) is 5.02. The molecule has 2 N–H and O–H groups in total. The van der Waals surface area contributed by atoms with Crippen molar-refractivity contribution >= 4 is 16.9 Å². The van der Waals surface area contributed by atoms with Gasteiger partial charge in [0, 0.05) is 19.0 Å². The van der Waals surface area contributed by atoms with Crippen LogP contribution in [0.3, 0.4) is 0 Å². The molecule has 5 nitrogen and oxygen atoms in total. The number of hydrogen-bond donors (Lipinski definition) is 2. The fourth-order valence-corrected chi connectivity index (χ4v) is 2.27. The summed E-state index contributed by atoms with van der Waals surface area (Å²) in [6, 6.07) is 7.64. The quantitative estimate of drug-likeness (QED) is 0.793. The van der Waals surface area contributed by atoms with Crippen molar-refractivity contribution in [2.24, 2.45) is 5.92 Å². The highest BCUT2D eigenvalue weighted by Gasteiger charge is 2.28. The maximum Gasteiger partial charge on any atom is 0.326 e. The number of benzene rings is 1. The van der Waals surface area contributed by atoms with Gasteiger partial charge in [-0.1, -0.05) is 12.1 Å². The van der Waals surface area contributed by atoms with Gasteiger partial charge in [-0.2, -0.15) is 0 Å². The Bertz CT molecular complexity index is 652. The summed E-state index contributed by atoms with van der Waals surface area (Å²) >= 11 is 0. The van der Waals surface area contributed by atoms with Gasteiger partial charge in [0.25, 0.3) is 0 Å². The lowest BCUT2D eigenvalue weighted by molar-refractivity contribution is -0.122. The Labute approximate surface area is 110 Å². The van der Waals surface area contributed by atoms with E-state index in [-0.39, 0.29) is 17.5 Å². The number of imidazole rings is 1. The lowest BCUT2D eigenvalue weighted by Gasteiger charge is -2.05. The first-order valence-electron chi connectivity index (χ1n) is 6.71. The van der Waals surface area contributed by atoms with Gasteiger partial charge >= 0.3 is 5.69 Å². The molecule has 19 heavy (non-hydrogen) atoms. The number of H-pyrrole nitrogens is 1. The Morgan fingerprint density at radius 2 is 2.16 bits per heavy atom. The van der Waals surface area contributed by atoms with Gasteiger partial charge in [0.1, 0.15) is 0 Å². The minimum atomic E-state index is -0.0882. The number of amides is 1. The molecular formula is C14H17N3O2. The molecule has 0 aliphatic heterocycles. The number of aryl methyl sites for hydroxylation is 1. The summed E-state index contributed by atoms with van der Waals surface area (Å²) in [5.74, 6) is 0.405. The van der Waals surface area contributed by atoms with Crippen LogP contribution in [0.1, 0.15) is 19.3 Å². The van der Waals surface area contributed by atoms with E-state index in [1.807, 2.05) is 24.3 Å². The van der Waals surface area contributed by atoms with Gasteiger partial charge < -0.3 is 10.3 Å². The molecule has 1 heterocycles. The van der Waals surface area contributed by atoms with Gasteiger partial charge in [0.2, 0.25) is 5.91 Å². The van der Waals surface area contributed by atoms with Crippen LogP contribution in [0.25, 0.3) is 11.0 Å². The molecule has 0 bridgehead atoms. The van der Waals surface area contributed by atoms with Crippen molar-refractivity contribution in [2.45, 2.75) is 25.8 Å². The fourth-order valence-electron chi connectivity index (χ4n) is 2.27. The highest BCUT2D eigenvalue weighted by atomic mass is 16.2. The number of aromatic nitrogens is 2. The van der Waals surface area contributed by atoms with Crippen molar-refractivity contribution in [1.82, 2.24) is 14.9 Å². The molecule has 5 heteroatoms. The van der Waals surface area contributed by atoms with E-state index >= 15 is 0 Å². The van der Waals surface area contributed by atoms with Gasteiger partial charge in [-0.3, -0.25) is 9.36 Å². The standard InChI is InChI=1S/C14H17N3O2/c18-13(10-6-7-10)15-8-3-9-17-12-5-2-1-4-11(12)16-14(17)19/h1-2,4-5,10H,3,6-9H2,(H,15,18)(H,16,19). The number of fused-ring (bicyclic) bond motifs is 1.